The maximum absolute atomic E-state index is 3.70. The van der Waals surface area contributed by atoms with Gasteiger partial charge in [-0.15, -0.1) is 0 Å². The third-order valence-electron chi connectivity index (χ3n) is 6.88. The van der Waals surface area contributed by atoms with Crippen molar-refractivity contribution < 1.29 is 0 Å². The lowest BCUT2D eigenvalue weighted by Gasteiger charge is -2.47. The van der Waals surface area contributed by atoms with E-state index in [9.17, 15) is 0 Å². The van der Waals surface area contributed by atoms with Gasteiger partial charge in [0.1, 0.15) is 0 Å². The maximum atomic E-state index is 3.70. The Labute approximate surface area is 144 Å². The number of piperidine rings is 2. The first kappa shape index (κ1) is 17.7. The molecular weight excluding hydrogens is 282 g/mol. The molecule has 2 aliphatic heterocycles. The summed E-state index contributed by atoms with van der Waals surface area (Å²) in [6.07, 6.45) is 14.2. The number of likely N-dealkylation sites (tertiary alicyclic amines) is 1. The SMILES string of the molecule is CCC1CCCCN1C1CNCCC1CN(C)C1CCCCC1. The molecular formula is C20H39N3. The molecule has 23 heavy (non-hydrogen) atoms. The van der Waals surface area contributed by atoms with Crippen LogP contribution in [-0.2, 0) is 0 Å². The summed E-state index contributed by atoms with van der Waals surface area (Å²) in [5.41, 5.74) is 0. The second-order valence-corrected chi connectivity index (χ2v) is 8.35. The van der Waals surface area contributed by atoms with Crippen LogP contribution in [0.3, 0.4) is 0 Å². The Morgan fingerprint density at radius 1 is 1.00 bits per heavy atom. The van der Waals surface area contributed by atoms with Crippen molar-refractivity contribution in [2.24, 2.45) is 5.92 Å². The summed E-state index contributed by atoms with van der Waals surface area (Å²) in [4.78, 5) is 5.63. The van der Waals surface area contributed by atoms with Gasteiger partial charge in [0.05, 0.1) is 0 Å². The fraction of sp³-hybridized carbons (Fsp3) is 1.00. The van der Waals surface area contributed by atoms with Crippen molar-refractivity contribution in [3.8, 4) is 0 Å². The molecule has 2 saturated heterocycles. The van der Waals surface area contributed by atoms with E-state index >= 15 is 0 Å². The zero-order chi connectivity index (χ0) is 16.1. The van der Waals surface area contributed by atoms with Gasteiger partial charge >= 0.3 is 0 Å². The van der Waals surface area contributed by atoms with Crippen molar-refractivity contribution >= 4 is 0 Å². The van der Waals surface area contributed by atoms with E-state index in [1.54, 1.807) is 0 Å². The summed E-state index contributed by atoms with van der Waals surface area (Å²) in [5.74, 6) is 0.871. The molecule has 3 aliphatic rings. The van der Waals surface area contributed by atoms with Crippen molar-refractivity contribution in [3.63, 3.8) is 0 Å². The Bertz CT molecular complexity index is 340. The lowest BCUT2D eigenvalue weighted by molar-refractivity contribution is 0.0267. The molecule has 3 fully saturated rings. The molecule has 0 spiro atoms. The number of hydrogen-bond acceptors (Lipinski definition) is 3. The topological polar surface area (TPSA) is 18.5 Å². The molecule has 3 nitrogen and oxygen atoms in total. The zero-order valence-corrected chi connectivity index (χ0v) is 15.6. The minimum atomic E-state index is 0.778. The molecule has 0 aromatic carbocycles. The molecule has 1 aliphatic carbocycles. The third kappa shape index (κ3) is 4.49. The molecule has 3 unspecified atom stereocenters. The van der Waals surface area contributed by atoms with E-state index in [1.165, 1.54) is 90.4 Å². The fourth-order valence-electron chi connectivity index (χ4n) is 5.44. The summed E-state index contributed by atoms with van der Waals surface area (Å²) in [6, 6.07) is 2.48. The van der Waals surface area contributed by atoms with Gasteiger partial charge in [0, 0.05) is 31.2 Å². The van der Waals surface area contributed by atoms with Crippen molar-refractivity contribution in [1.82, 2.24) is 15.1 Å². The minimum Gasteiger partial charge on any atom is -0.315 e. The van der Waals surface area contributed by atoms with Gasteiger partial charge < -0.3 is 10.2 Å². The largest absolute Gasteiger partial charge is 0.315 e. The molecule has 0 bridgehead atoms. The van der Waals surface area contributed by atoms with Crippen LogP contribution in [0.4, 0.5) is 0 Å². The first-order valence-electron chi connectivity index (χ1n) is 10.5. The molecule has 0 amide bonds. The average molecular weight is 322 g/mol. The van der Waals surface area contributed by atoms with E-state index in [1.807, 2.05) is 0 Å². The lowest BCUT2D eigenvalue weighted by Crippen LogP contribution is -2.58. The van der Waals surface area contributed by atoms with Crippen LogP contribution < -0.4 is 5.32 Å². The predicted molar refractivity (Wildman–Crippen MR) is 98.9 cm³/mol. The van der Waals surface area contributed by atoms with Crippen LogP contribution in [0.15, 0.2) is 0 Å². The van der Waals surface area contributed by atoms with Crippen LogP contribution in [0.5, 0.6) is 0 Å². The number of nitrogens with zero attached hydrogens (tertiary/aromatic N) is 2. The van der Waals surface area contributed by atoms with Crippen molar-refractivity contribution in [1.29, 1.82) is 0 Å². The van der Waals surface area contributed by atoms with E-state index in [0.29, 0.717) is 0 Å². The molecule has 0 radical (unpaired) electrons. The average Bonchev–Trinajstić information content (AvgIpc) is 2.63. The van der Waals surface area contributed by atoms with Crippen LogP contribution in [0, 0.1) is 5.92 Å². The molecule has 3 rings (SSSR count). The first-order valence-corrected chi connectivity index (χ1v) is 10.5. The Morgan fingerprint density at radius 3 is 2.57 bits per heavy atom. The van der Waals surface area contributed by atoms with Crippen molar-refractivity contribution in [2.75, 3.05) is 33.2 Å². The maximum Gasteiger partial charge on any atom is 0.0264 e. The van der Waals surface area contributed by atoms with Crippen LogP contribution in [0.25, 0.3) is 0 Å². The van der Waals surface area contributed by atoms with Crippen LogP contribution in [0.2, 0.25) is 0 Å². The Kier molecular flexibility index (Phi) is 6.79. The summed E-state index contributed by atoms with van der Waals surface area (Å²) >= 11 is 0. The van der Waals surface area contributed by atoms with Gasteiger partial charge in [-0.3, -0.25) is 4.90 Å². The van der Waals surface area contributed by atoms with Gasteiger partial charge in [0.25, 0.3) is 0 Å². The Hall–Kier alpha value is -0.120. The van der Waals surface area contributed by atoms with Crippen LogP contribution in [-0.4, -0.2) is 61.2 Å². The quantitative estimate of drug-likeness (QED) is 0.836. The van der Waals surface area contributed by atoms with Gasteiger partial charge in [-0.2, -0.15) is 0 Å². The second kappa shape index (κ2) is 8.82. The van der Waals surface area contributed by atoms with E-state index in [0.717, 1.165) is 24.0 Å². The molecule has 134 valence electrons. The highest BCUT2D eigenvalue weighted by molar-refractivity contribution is 4.92. The minimum absolute atomic E-state index is 0.778. The smallest absolute Gasteiger partial charge is 0.0264 e. The monoisotopic (exact) mass is 321 g/mol. The highest BCUT2D eigenvalue weighted by Gasteiger charge is 2.35. The van der Waals surface area contributed by atoms with Gasteiger partial charge in [0.2, 0.25) is 0 Å². The van der Waals surface area contributed by atoms with Gasteiger partial charge in [-0.1, -0.05) is 32.6 Å². The Morgan fingerprint density at radius 2 is 1.78 bits per heavy atom. The molecule has 3 atom stereocenters. The van der Waals surface area contributed by atoms with Gasteiger partial charge in [-0.05, 0) is 64.6 Å². The van der Waals surface area contributed by atoms with Gasteiger partial charge in [0.15, 0.2) is 0 Å². The molecule has 1 N–H and O–H groups in total. The van der Waals surface area contributed by atoms with E-state index < -0.39 is 0 Å². The second-order valence-electron chi connectivity index (χ2n) is 8.35. The van der Waals surface area contributed by atoms with Crippen molar-refractivity contribution in [3.05, 3.63) is 0 Å². The zero-order valence-electron chi connectivity index (χ0n) is 15.6. The van der Waals surface area contributed by atoms with E-state index in [4.69, 9.17) is 0 Å². The van der Waals surface area contributed by atoms with Crippen molar-refractivity contribution in [2.45, 2.75) is 89.3 Å². The third-order valence-corrected chi connectivity index (χ3v) is 6.88. The fourth-order valence-corrected chi connectivity index (χ4v) is 5.44. The number of nitrogens with one attached hydrogen (secondary N) is 1. The molecule has 1 saturated carbocycles. The summed E-state index contributed by atoms with van der Waals surface area (Å²) in [5, 5.41) is 3.70. The molecule has 2 heterocycles. The summed E-state index contributed by atoms with van der Waals surface area (Å²) in [6.45, 7) is 7.50. The summed E-state index contributed by atoms with van der Waals surface area (Å²) < 4.78 is 0. The first-order chi connectivity index (χ1) is 11.3. The number of rotatable bonds is 5. The lowest BCUT2D eigenvalue weighted by atomic mass is 9.86. The molecule has 0 aromatic heterocycles. The van der Waals surface area contributed by atoms with E-state index in [2.05, 4.69) is 29.1 Å². The number of hydrogen-bond donors (Lipinski definition) is 1. The van der Waals surface area contributed by atoms with Crippen LogP contribution >= 0.6 is 0 Å². The summed E-state index contributed by atoms with van der Waals surface area (Å²) in [7, 11) is 2.41. The highest BCUT2D eigenvalue weighted by Crippen LogP contribution is 2.29. The Balaban J connectivity index is 1.61. The van der Waals surface area contributed by atoms with Gasteiger partial charge in [-0.25, -0.2) is 0 Å². The normalized spacial score (nSPS) is 34.8. The molecule has 3 heteroatoms. The predicted octanol–water partition coefficient (Wildman–Crippen LogP) is 3.49. The van der Waals surface area contributed by atoms with E-state index in [-0.39, 0.29) is 0 Å². The van der Waals surface area contributed by atoms with Crippen LogP contribution in [0.1, 0.15) is 71.1 Å². The highest BCUT2D eigenvalue weighted by atomic mass is 15.2. The molecule has 0 aromatic rings. The standard InChI is InChI=1S/C20H39N3/c1-3-18-9-7-8-14-23(18)20-15-21-13-12-17(20)16-22(2)19-10-5-4-6-11-19/h17-21H,3-16H2,1-2H3.